The molecule has 3 rings (SSSR count). The van der Waals surface area contributed by atoms with Crippen molar-refractivity contribution in [2.45, 2.75) is 52.5 Å². The van der Waals surface area contributed by atoms with Gasteiger partial charge in [0, 0.05) is 13.5 Å². The summed E-state index contributed by atoms with van der Waals surface area (Å²) in [4.78, 5) is 14.8. The maximum atomic E-state index is 13.0. The number of aromatic nitrogens is 2. The Morgan fingerprint density at radius 1 is 1.18 bits per heavy atom. The first kappa shape index (κ1) is 14.8. The summed E-state index contributed by atoms with van der Waals surface area (Å²) in [6.45, 7) is 6.15. The zero-order valence-electron chi connectivity index (χ0n) is 13.3. The predicted octanol–water partition coefficient (Wildman–Crippen LogP) is 3.35. The van der Waals surface area contributed by atoms with Crippen molar-refractivity contribution in [2.24, 2.45) is 0 Å². The quantitative estimate of drug-likeness (QED) is 0.850. The van der Waals surface area contributed by atoms with Crippen molar-refractivity contribution in [3.8, 4) is 0 Å². The fourth-order valence-corrected chi connectivity index (χ4v) is 3.05. The second kappa shape index (κ2) is 5.94. The monoisotopic (exact) mass is 303 g/mol. The number of hydrogen-bond donors (Lipinski definition) is 0. The molecule has 6 nitrogen and oxygen atoms in total. The van der Waals surface area contributed by atoms with Crippen LogP contribution in [0.1, 0.15) is 65.4 Å². The molecule has 3 heterocycles. The van der Waals surface area contributed by atoms with Gasteiger partial charge in [0.05, 0.1) is 5.56 Å². The van der Waals surface area contributed by atoms with E-state index in [1.54, 1.807) is 13.0 Å². The molecule has 1 saturated heterocycles. The molecule has 1 atom stereocenters. The van der Waals surface area contributed by atoms with Crippen LogP contribution >= 0.6 is 0 Å². The first-order valence-electron chi connectivity index (χ1n) is 7.74. The summed E-state index contributed by atoms with van der Waals surface area (Å²) in [5.74, 6) is 2.46. The van der Waals surface area contributed by atoms with Crippen LogP contribution in [0.2, 0.25) is 0 Å². The van der Waals surface area contributed by atoms with E-state index in [0.29, 0.717) is 29.6 Å². The van der Waals surface area contributed by atoms with Gasteiger partial charge in [-0.05, 0) is 32.8 Å². The number of furan rings is 1. The molecule has 1 aliphatic rings. The van der Waals surface area contributed by atoms with Crippen LogP contribution in [0, 0.1) is 20.8 Å². The molecule has 118 valence electrons. The molecular weight excluding hydrogens is 282 g/mol. The van der Waals surface area contributed by atoms with Gasteiger partial charge in [0.15, 0.2) is 0 Å². The highest BCUT2D eigenvalue weighted by molar-refractivity contribution is 5.95. The Balaban J connectivity index is 1.93. The van der Waals surface area contributed by atoms with Crippen LogP contribution in [0.15, 0.2) is 14.9 Å². The second-order valence-corrected chi connectivity index (χ2v) is 5.85. The number of rotatable bonds is 2. The predicted molar refractivity (Wildman–Crippen MR) is 79.5 cm³/mol. The van der Waals surface area contributed by atoms with Crippen molar-refractivity contribution in [1.82, 2.24) is 15.1 Å². The van der Waals surface area contributed by atoms with Crippen LogP contribution in [0.5, 0.6) is 0 Å². The molecule has 2 aromatic heterocycles. The topological polar surface area (TPSA) is 72.4 Å². The van der Waals surface area contributed by atoms with E-state index >= 15 is 0 Å². The third-order valence-corrected chi connectivity index (χ3v) is 4.11. The van der Waals surface area contributed by atoms with Gasteiger partial charge in [-0.3, -0.25) is 4.79 Å². The smallest absolute Gasteiger partial charge is 0.258 e. The van der Waals surface area contributed by atoms with E-state index in [1.165, 1.54) is 0 Å². The average molecular weight is 303 g/mol. The molecule has 1 unspecified atom stereocenters. The van der Waals surface area contributed by atoms with Gasteiger partial charge in [0.25, 0.3) is 5.91 Å². The van der Waals surface area contributed by atoms with Crippen LogP contribution in [-0.2, 0) is 0 Å². The highest BCUT2D eigenvalue weighted by Gasteiger charge is 2.32. The fourth-order valence-electron chi connectivity index (χ4n) is 3.05. The minimum absolute atomic E-state index is 0.0166. The molecule has 2 aromatic rings. The summed E-state index contributed by atoms with van der Waals surface area (Å²) in [5.41, 5.74) is 0.626. The summed E-state index contributed by atoms with van der Waals surface area (Å²) in [7, 11) is 0. The minimum Gasteiger partial charge on any atom is -0.466 e. The largest absolute Gasteiger partial charge is 0.466 e. The highest BCUT2D eigenvalue weighted by Crippen LogP contribution is 2.31. The Bertz CT molecular complexity index is 674. The third kappa shape index (κ3) is 2.77. The number of carbonyl (C=O) groups excluding carboxylic acids is 1. The molecule has 0 saturated carbocycles. The van der Waals surface area contributed by atoms with Crippen molar-refractivity contribution in [1.29, 1.82) is 0 Å². The molecule has 0 N–H and O–H groups in total. The Morgan fingerprint density at radius 2 is 2.00 bits per heavy atom. The first-order valence-corrected chi connectivity index (χ1v) is 7.74. The molecule has 0 radical (unpaired) electrons. The lowest BCUT2D eigenvalue weighted by Gasteiger charge is -2.27. The average Bonchev–Trinajstić information content (AvgIpc) is 2.95. The van der Waals surface area contributed by atoms with E-state index in [-0.39, 0.29) is 11.9 Å². The van der Waals surface area contributed by atoms with Gasteiger partial charge in [-0.2, -0.15) is 0 Å². The maximum absolute atomic E-state index is 13.0. The van der Waals surface area contributed by atoms with Gasteiger partial charge in [0.1, 0.15) is 17.6 Å². The van der Waals surface area contributed by atoms with E-state index in [4.69, 9.17) is 8.83 Å². The number of aryl methyl sites for hydroxylation is 3. The van der Waals surface area contributed by atoms with E-state index in [2.05, 4.69) is 10.2 Å². The summed E-state index contributed by atoms with van der Waals surface area (Å²) in [6.07, 6.45) is 4.00. The Hall–Kier alpha value is -2.11. The van der Waals surface area contributed by atoms with Crippen molar-refractivity contribution in [3.63, 3.8) is 0 Å². The molecule has 6 heteroatoms. The number of hydrogen-bond acceptors (Lipinski definition) is 5. The summed E-state index contributed by atoms with van der Waals surface area (Å²) in [6, 6.07) is 1.66. The van der Waals surface area contributed by atoms with Crippen LogP contribution in [0.4, 0.5) is 0 Å². The van der Waals surface area contributed by atoms with Crippen LogP contribution in [0.3, 0.4) is 0 Å². The maximum Gasteiger partial charge on any atom is 0.258 e. The van der Waals surface area contributed by atoms with E-state index < -0.39 is 0 Å². The first-order chi connectivity index (χ1) is 10.6. The lowest BCUT2D eigenvalue weighted by Crippen LogP contribution is -2.35. The Kier molecular flexibility index (Phi) is 4.00. The van der Waals surface area contributed by atoms with E-state index in [1.807, 2.05) is 18.7 Å². The Labute approximate surface area is 129 Å². The van der Waals surface area contributed by atoms with E-state index in [0.717, 1.165) is 31.4 Å². The van der Waals surface area contributed by atoms with Gasteiger partial charge in [-0.1, -0.05) is 12.8 Å². The zero-order chi connectivity index (χ0) is 15.7. The van der Waals surface area contributed by atoms with Gasteiger partial charge in [-0.25, -0.2) is 0 Å². The van der Waals surface area contributed by atoms with Crippen molar-refractivity contribution in [2.75, 3.05) is 6.54 Å². The normalized spacial score (nSPS) is 19.2. The minimum atomic E-state index is -0.147. The molecule has 0 aromatic carbocycles. The fraction of sp³-hybridized carbons (Fsp3) is 0.562. The SMILES string of the molecule is Cc1cc(C(=O)N2CCCCCC2c2nnc(C)o2)c(C)o1. The lowest BCUT2D eigenvalue weighted by atomic mass is 10.1. The Morgan fingerprint density at radius 3 is 2.64 bits per heavy atom. The number of likely N-dealkylation sites (tertiary alicyclic amines) is 1. The molecule has 22 heavy (non-hydrogen) atoms. The van der Waals surface area contributed by atoms with Crippen LogP contribution < -0.4 is 0 Å². The molecule has 1 amide bonds. The standard InChI is InChI=1S/C16H21N3O3/c1-10-9-13(11(2)21-10)16(20)19-8-6-4-5-7-14(19)15-18-17-12(3)22-15/h9,14H,4-8H2,1-3H3. The van der Waals surface area contributed by atoms with Crippen molar-refractivity contribution < 1.29 is 13.6 Å². The summed E-state index contributed by atoms with van der Waals surface area (Å²) >= 11 is 0. The molecular formula is C16H21N3O3. The van der Waals surface area contributed by atoms with Gasteiger partial charge in [-0.15, -0.1) is 10.2 Å². The van der Waals surface area contributed by atoms with Crippen LogP contribution in [-0.4, -0.2) is 27.5 Å². The van der Waals surface area contributed by atoms with Crippen LogP contribution in [0.25, 0.3) is 0 Å². The molecule has 0 bridgehead atoms. The van der Waals surface area contributed by atoms with Gasteiger partial charge in [0.2, 0.25) is 11.8 Å². The molecule has 1 fully saturated rings. The third-order valence-electron chi connectivity index (χ3n) is 4.11. The number of carbonyl (C=O) groups is 1. The highest BCUT2D eigenvalue weighted by atomic mass is 16.4. The second-order valence-electron chi connectivity index (χ2n) is 5.85. The number of amides is 1. The lowest BCUT2D eigenvalue weighted by molar-refractivity contribution is 0.0649. The van der Waals surface area contributed by atoms with Crippen molar-refractivity contribution in [3.05, 3.63) is 34.9 Å². The zero-order valence-corrected chi connectivity index (χ0v) is 13.3. The molecule has 0 spiro atoms. The van der Waals surface area contributed by atoms with Gasteiger partial charge >= 0.3 is 0 Å². The summed E-state index contributed by atoms with van der Waals surface area (Å²) < 4.78 is 11.1. The van der Waals surface area contributed by atoms with E-state index in [9.17, 15) is 4.79 Å². The summed E-state index contributed by atoms with van der Waals surface area (Å²) in [5, 5.41) is 8.04. The molecule has 1 aliphatic heterocycles. The van der Waals surface area contributed by atoms with Gasteiger partial charge < -0.3 is 13.7 Å². The number of nitrogens with zero attached hydrogens (tertiary/aromatic N) is 3. The molecule has 0 aliphatic carbocycles. The van der Waals surface area contributed by atoms with Crippen molar-refractivity contribution >= 4 is 5.91 Å².